The SMILES string of the molecule is O=[N+]([O-])c1cc(OCCCCCCCCO[SiH3])ccc1-c1ccccc1. The summed E-state index contributed by atoms with van der Waals surface area (Å²) < 4.78 is 10.9. The Morgan fingerprint density at radius 1 is 0.885 bits per heavy atom. The molecule has 0 saturated heterocycles. The number of rotatable bonds is 12. The van der Waals surface area contributed by atoms with Crippen molar-refractivity contribution in [3.63, 3.8) is 0 Å². The smallest absolute Gasteiger partial charge is 0.280 e. The Balaban J connectivity index is 1.82. The van der Waals surface area contributed by atoms with Crippen molar-refractivity contribution in [1.82, 2.24) is 0 Å². The fraction of sp³-hybridized carbons (Fsp3) is 0.400. The van der Waals surface area contributed by atoms with E-state index < -0.39 is 0 Å². The molecule has 2 aromatic carbocycles. The summed E-state index contributed by atoms with van der Waals surface area (Å²) in [5.41, 5.74) is 1.53. The molecule has 26 heavy (non-hydrogen) atoms. The lowest BCUT2D eigenvalue weighted by Crippen LogP contribution is -1.99. The number of hydrogen-bond acceptors (Lipinski definition) is 4. The zero-order chi connectivity index (χ0) is 18.6. The molecule has 0 aliphatic heterocycles. The normalized spacial score (nSPS) is 10.8. The Morgan fingerprint density at radius 3 is 2.19 bits per heavy atom. The van der Waals surface area contributed by atoms with E-state index in [-0.39, 0.29) is 10.6 Å². The number of hydrogen-bond donors (Lipinski definition) is 0. The van der Waals surface area contributed by atoms with Gasteiger partial charge in [-0.2, -0.15) is 0 Å². The highest BCUT2D eigenvalue weighted by molar-refractivity contribution is 5.97. The third-order valence-electron chi connectivity index (χ3n) is 4.26. The maximum absolute atomic E-state index is 11.4. The van der Waals surface area contributed by atoms with Crippen molar-refractivity contribution >= 4 is 16.2 Å². The molecule has 0 aromatic heterocycles. The van der Waals surface area contributed by atoms with Crippen LogP contribution in [0.4, 0.5) is 5.69 Å². The summed E-state index contributed by atoms with van der Waals surface area (Å²) in [4.78, 5) is 11.1. The number of ether oxygens (including phenoxy) is 1. The molecule has 0 aliphatic rings. The van der Waals surface area contributed by atoms with Gasteiger partial charge >= 0.3 is 0 Å². The summed E-state index contributed by atoms with van der Waals surface area (Å²) in [6.07, 6.45) is 6.87. The van der Waals surface area contributed by atoms with E-state index in [9.17, 15) is 10.1 Å². The van der Waals surface area contributed by atoms with Crippen LogP contribution in [0.15, 0.2) is 48.5 Å². The topological polar surface area (TPSA) is 61.6 Å². The van der Waals surface area contributed by atoms with Gasteiger partial charge in [-0.05, 0) is 30.5 Å². The fourth-order valence-electron chi connectivity index (χ4n) is 2.86. The minimum atomic E-state index is -0.350. The average Bonchev–Trinajstić information content (AvgIpc) is 2.67. The zero-order valence-corrected chi connectivity index (χ0v) is 17.4. The van der Waals surface area contributed by atoms with E-state index in [1.807, 2.05) is 36.4 Å². The number of nitro benzene ring substituents is 1. The van der Waals surface area contributed by atoms with Gasteiger partial charge in [0.15, 0.2) is 0 Å². The standard InChI is InChI=1S/C20H27NO4Si/c22-21(23)20-16-18(12-13-19(20)17-10-6-5-7-11-17)24-14-8-3-1-2-4-9-15-25-26/h5-7,10-13,16H,1-4,8-9,14-15H2,26H3. The van der Waals surface area contributed by atoms with Crippen LogP contribution in [0.25, 0.3) is 11.1 Å². The van der Waals surface area contributed by atoms with Gasteiger partial charge in [0.1, 0.15) is 16.2 Å². The summed E-state index contributed by atoms with van der Waals surface area (Å²) in [5.74, 6) is 0.556. The van der Waals surface area contributed by atoms with Crippen molar-refractivity contribution in [1.29, 1.82) is 0 Å². The van der Waals surface area contributed by atoms with Crippen LogP contribution < -0.4 is 4.74 Å². The van der Waals surface area contributed by atoms with Crippen LogP contribution in [-0.2, 0) is 4.43 Å². The first kappa shape index (κ1) is 20.1. The molecular weight excluding hydrogens is 346 g/mol. The van der Waals surface area contributed by atoms with Crippen LogP contribution in [0.5, 0.6) is 5.75 Å². The molecule has 0 spiro atoms. The third kappa shape index (κ3) is 6.61. The van der Waals surface area contributed by atoms with E-state index in [4.69, 9.17) is 9.16 Å². The van der Waals surface area contributed by atoms with Crippen molar-refractivity contribution in [3.8, 4) is 16.9 Å². The lowest BCUT2D eigenvalue weighted by atomic mass is 10.0. The van der Waals surface area contributed by atoms with E-state index >= 15 is 0 Å². The Kier molecular flexibility index (Phi) is 8.86. The minimum Gasteiger partial charge on any atom is -0.493 e. The van der Waals surface area contributed by atoms with Crippen LogP contribution in [0.2, 0.25) is 0 Å². The summed E-state index contributed by atoms with van der Waals surface area (Å²) in [6.45, 7) is 1.48. The molecule has 0 radical (unpaired) electrons. The number of benzene rings is 2. The Morgan fingerprint density at radius 2 is 1.54 bits per heavy atom. The first-order chi connectivity index (χ1) is 12.7. The molecule has 2 rings (SSSR count). The second-order valence-corrected chi connectivity index (χ2v) is 6.84. The highest BCUT2D eigenvalue weighted by Crippen LogP contribution is 2.33. The van der Waals surface area contributed by atoms with Crippen molar-refractivity contribution in [3.05, 3.63) is 58.6 Å². The van der Waals surface area contributed by atoms with Crippen molar-refractivity contribution < 1.29 is 14.1 Å². The van der Waals surface area contributed by atoms with Crippen LogP contribution in [0.1, 0.15) is 38.5 Å². The van der Waals surface area contributed by atoms with Gasteiger partial charge in [-0.3, -0.25) is 10.1 Å². The summed E-state index contributed by atoms with van der Waals surface area (Å²) in [7, 11) is 0.828. The molecule has 6 heteroatoms. The summed E-state index contributed by atoms with van der Waals surface area (Å²) in [5, 5.41) is 11.4. The second kappa shape index (κ2) is 11.4. The molecule has 0 bridgehead atoms. The van der Waals surface area contributed by atoms with Gasteiger partial charge in [-0.25, -0.2) is 0 Å². The highest BCUT2D eigenvalue weighted by atomic mass is 28.2. The van der Waals surface area contributed by atoms with Crippen molar-refractivity contribution in [2.75, 3.05) is 13.2 Å². The first-order valence-electron chi connectivity index (χ1n) is 9.18. The summed E-state index contributed by atoms with van der Waals surface area (Å²) in [6, 6.07) is 14.5. The Hall–Kier alpha value is -2.18. The quantitative estimate of drug-likeness (QED) is 0.241. The van der Waals surface area contributed by atoms with E-state index in [1.165, 1.54) is 25.3 Å². The van der Waals surface area contributed by atoms with E-state index in [1.54, 1.807) is 6.07 Å². The largest absolute Gasteiger partial charge is 0.493 e. The number of nitrogens with zero attached hydrogens (tertiary/aromatic N) is 1. The van der Waals surface area contributed by atoms with Gasteiger partial charge in [0, 0.05) is 6.61 Å². The molecule has 0 N–H and O–H groups in total. The predicted octanol–water partition coefficient (Wildman–Crippen LogP) is 4.28. The molecule has 5 nitrogen and oxygen atoms in total. The highest BCUT2D eigenvalue weighted by Gasteiger charge is 2.16. The second-order valence-electron chi connectivity index (χ2n) is 6.26. The van der Waals surface area contributed by atoms with Crippen LogP contribution >= 0.6 is 0 Å². The van der Waals surface area contributed by atoms with Gasteiger partial charge < -0.3 is 9.16 Å². The van der Waals surface area contributed by atoms with Gasteiger partial charge in [-0.15, -0.1) is 0 Å². The molecule has 140 valence electrons. The van der Waals surface area contributed by atoms with Gasteiger partial charge in [-0.1, -0.05) is 56.0 Å². The van der Waals surface area contributed by atoms with Crippen LogP contribution in [0.3, 0.4) is 0 Å². The van der Waals surface area contributed by atoms with Crippen LogP contribution in [0, 0.1) is 10.1 Å². The molecule has 2 aromatic rings. The van der Waals surface area contributed by atoms with Crippen molar-refractivity contribution in [2.24, 2.45) is 0 Å². The molecule has 0 atom stereocenters. The molecule has 0 fully saturated rings. The van der Waals surface area contributed by atoms with Crippen LogP contribution in [-0.4, -0.2) is 28.6 Å². The van der Waals surface area contributed by atoms with Gasteiger partial charge in [0.2, 0.25) is 0 Å². The third-order valence-corrected chi connectivity index (χ3v) is 4.67. The Labute approximate surface area is 158 Å². The fourth-order valence-corrected chi connectivity index (χ4v) is 3.15. The molecule has 0 saturated carbocycles. The maximum atomic E-state index is 11.4. The van der Waals surface area contributed by atoms with Gasteiger partial charge in [0.25, 0.3) is 5.69 Å². The molecule has 0 unspecified atom stereocenters. The molecule has 0 amide bonds. The average molecular weight is 374 g/mol. The van der Waals surface area contributed by atoms with E-state index in [0.717, 1.165) is 41.9 Å². The van der Waals surface area contributed by atoms with Crippen molar-refractivity contribution in [2.45, 2.75) is 38.5 Å². The number of unbranched alkanes of at least 4 members (excludes halogenated alkanes) is 5. The van der Waals surface area contributed by atoms with Gasteiger partial charge in [0.05, 0.1) is 23.2 Å². The zero-order valence-electron chi connectivity index (χ0n) is 15.4. The molecule has 0 aliphatic carbocycles. The maximum Gasteiger partial charge on any atom is 0.280 e. The first-order valence-corrected chi connectivity index (χ1v) is 9.99. The summed E-state index contributed by atoms with van der Waals surface area (Å²) >= 11 is 0. The minimum absolute atomic E-state index is 0.0786. The van der Waals surface area contributed by atoms with E-state index in [2.05, 4.69) is 0 Å². The molecular formula is C20H27NO4Si. The molecule has 0 heterocycles. The van der Waals surface area contributed by atoms with E-state index in [0.29, 0.717) is 17.9 Å². The lowest BCUT2D eigenvalue weighted by molar-refractivity contribution is -0.384. The monoisotopic (exact) mass is 373 g/mol. The Bertz CT molecular complexity index is 679. The number of nitro groups is 1. The lowest BCUT2D eigenvalue weighted by Gasteiger charge is -2.09. The predicted molar refractivity (Wildman–Crippen MR) is 108 cm³/mol.